The number of nitrogens with zero attached hydrogens (tertiary/aromatic N) is 1. The SMILES string of the molecule is CC(NC(=O)[C@@H]1C[C@](F)(COCCCCCC(=O)O)CN1C(=O)CNC(=O)CCCOc1ccccc1)c1cc(C(=N)N)cs1. The number of carboxylic acid groups (broad SMARTS) is 1. The molecule has 45 heavy (non-hydrogen) atoms. The fraction of sp³-hybridized carbons (Fsp3) is 0.516. The van der Waals surface area contributed by atoms with Gasteiger partial charge in [-0.1, -0.05) is 24.6 Å². The maximum Gasteiger partial charge on any atom is 0.303 e. The summed E-state index contributed by atoms with van der Waals surface area (Å²) < 4.78 is 27.1. The molecule has 0 spiro atoms. The first-order chi connectivity index (χ1) is 21.5. The molecule has 1 saturated heterocycles. The van der Waals surface area contributed by atoms with Gasteiger partial charge in [0.15, 0.2) is 5.67 Å². The predicted molar refractivity (Wildman–Crippen MR) is 167 cm³/mol. The summed E-state index contributed by atoms with van der Waals surface area (Å²) in [6.45, 7) is 1.16. The number of unbranched alkanes of at least 4 members (excludes halogenated alkanes) is 2. The van der Waals surface area contributed by atoms with Crippen LogP contribution in [-0.4, -0.2) is 84.2 Å². The predicted octanol–water partition coefficient (Wildman–Crippen LogP) is 3.16. The number of hydrogen-bond donors (Lipinski definition) is 5. The fourth-order valence-electron chi connectivity index (χ4n) is 4.86. The molecule has 1 aliphatic rings. The molecule has 3 amide bonds. The summed E-state index contributed by atoms with van der Waals surface area (Å²) in [5.41, 5.74) is 4.08. The second kappa shape index (κ2) is 17.4. The Bertz CT molecular complexity index is 1310. The zero-order valence-corrected chi connectivity index (χ0v) is 26.2. The molecule has 0 aliphatic carbocycles. The van der Waals surface area contributed by atoms with Crippen LogP contribution in [0.4, 0.5) is 4.39 Å². The Morgan fingerprint density at radius 3 is 2.60 bits per heavy atom. The number of carbonyl (C=O) groups excluding carboxylic acids is 3. The lowest BCUT2D eigenvalue weighted by molar-refractivity contribution is -0.139. The quantitative estimate of drug-likeness (QED) is 0.0875. The topological polar surface area (TPSA) is 184 Å². The van der Waals surface area contributed by atoms with E-state index in [9.17, 15) is 19.2 Å². The van der Waals surface area contributed by atoms with Gasteiger partial charge in [-0.3, -0.25) is 24.6 Å². The molecule has 3 rings (SSSR count). The van der Waals surface area contributed by atoms with Crippen molar-refractivity contribution in [1.29, 1.82) is 5.41 Å². The van der Waals surface area contributed by atoms with E-state index in [0.717, 1.165) is 9.78 Å². The normalized spacial score (nSPS) is 18.3. The molecular weight excluding hydrogens is 605 g/mol. The molecular formula is C31H42FN5O7S. The number of amidine groups is 1. The summed E-state index contributed by atoms with van der Waals surface area (Å²) >= 11 is 1.32. The number of benzene rings is 1. The summed E-state index contributed by atoms with van der Waals surface area (Å²) in [4.78, 5) is 51.5. The number of amides is 3. The van der Waals surface area contributed by atoms with Gasteiger partial charge >= 0.3 is 5.97 Å². The summed E-state index contributed by atoms with van der Waals surface area (Å²) in [6, 6.07) is 9.25. The van der Waals surface area contributed by atoms with Crippen molar-refractivity contribution in [2.24, 2.45) is 5.73 Å². The standard InChI is InChI=1S/C31H42FN5O7S/c1-21(25-15-22(18-45-25)29(33)34)36-30(42)24-16-31(32,20-43-13-7-3-6-12-28(40)41)19-37(24)27(39)17-35-26(38)11-8-14-44-23-9-4-2-5-10-23/h2,4-5,9-10,15,18,21,24H,3,6-8,11-14,16-17,19-20H2,1H3,(H3,33,34)(H,35,38)(H,36,42)(H,40,41)/t21?,24-,31+/m0/s1. The lowest BCUT2D eigenvalue weighted by Crippen LogP contribution is -2.49. The lowest BCUT2D eigenvalue weighted by Gasteiger charge is -2.25. The van der Waals surface area contributed by atoms with Crippen LogP contribution in [0.1, 0.15) is 68.4 Å². The van der Waals surface area contributed by atoms with Gasteiger partial charge in [0.05, 0.1) is 32.3 Å². The average molecular weight is 648 g/mol. The number of alkyl halides is 1. The largest absolute Gasteiger partial charge is 0.494 e. The van der Waals surface area contributed by atoms with Gasteiger partial charge in [-0.05, 0) is 44.4 Å². The Morgan fingerprint density at radius 1 is 1.16 bits per heavy atom. The van der Waals surface area contributed by atoms with Crippen molar-refractivity contribution in [2.45, 2.75) is 69.6 Å². The third-order valence-corrected chi connectivity index (χ3v) is 8.38. The minimum Gasteiger partial charge on any atom is -0.494 e. The number of nitrogens with one attached hydrogen (secondary N) is 3. The molecule has 0 saturated carbocycles. The minimum absolute atomic E-state index is 0.0544. The van der Waals surface area contributed by atoms with Crippen LogP contribution in [0, 0.1) is 5.41 Å². The van der Waals surface area contributed by atoms with E-state index in [2.05, 4.69) is 10.6 Å². The highest BCUT2D eigenvalue weighted by Gasteiger charge is 2.49. The summed E-state index contributed by atoms with van der Waals surface area (Å²) in [7, 11) is 0. The Hall–Kier alpha value is -4.04. The van der Waals surface area contributed by atoms with Gasteiger partial charge in [-0.25, -0.2) is 4.39 Å². The van der Waals surface area contributed by atoms with Crippen molar-refractivity contribution in [3.63, 3.8) is 0 Å². The van der Waals surface area contributed by atoms with E-state index in [1.807, 2.05) is 30.3 Å². The molecule has 3 atom stereocenters. The van der Waals surface area contributed by atoms with Gasteiger partial charge in [0.2, 0.25) is 17.7 Å². The molecule has 246 valence electrons. The van der Waals surface area contributed by atoms with Crippen LogP contribution in [0.25, 0.3) is 0 Å². The molecule has 1 aromatic carbocycles. The Kier molecular flexibility index (Phi) is 13.7. The van der Waals surface area contributed by atoms with Gasteiger partial charge in [-0.2, -0.15) is 0 Å². The number of aliphatic carboxylic acids is 1. The molecule has 0 bridgehead atoms. The van der Waals surface area contributed by atoms with Gasteiger partial charge in [-0.15, -0.1) is 11.3 Å². The number of ether oxygens (including phenoxy) is 2. The van der Waals surface area contributed by atoms with Crippen molar-refractivity contribution >= 4 is 40.9 Å². The van der Waals surface area contributed by atoms with Crippen LogP contribution in [0.3, 0.4) is 0 Å². The number of carboxylic acids is 1. The highest BCUT2D eigenvalue weighted by molar-refractivity contribution is 7.10. The van der Waals surface area contributed by atoms with Crippen molar-refractivity contribution in [3.8, 4) is 5.75 Å². The fourth-order valence-corrected chi connectivity index (χ4v) is 5.77. The molecule has 2 heterocycles. The smallest absolute Gasteiger partial charge is 0.303 e. The maximum absolute atomic E-state index is 16.0. The zero-order valence-electron chi connectivity index (χ0n) is 25.4. The number of para-hydroxylation sites is 1. The van der Waals surface area contributed by atoms with E-state index in [1.54, 1.807) is 18.4 Å². The van der Waals surface area contributed by atoms with E-state index in [4.69, 9.17) is 25.7 Å². The number of halogens is 1. The highest BCUT2D eigenvalue weighted by Crippen LogP contribution is 2.32. The van der Waals surface area contributed by atoms with Crippen molar-refractivity contribution < 1.29 is 38.1 Å². The lowest BCUT2D eigenvalue weighted by atomic mass is 10.0. The molecule has 1 aliphatic heterocycles. The molecule has 1 unspecified atom stereocenters. The van der Waals surface area contributed by atoms with E-state index < -0.39 is 42.1 Å². The third-order valence-electron chi connectivity index (χ3n) is 7.27. The molecule has 14 heteroatoms. The summed E-state index contributed by atoms with van der Waals surface area (Å²) in [5.74, 6) is -1.80. The number of hydrogen-bond acceptors (Lipinski definition) is 8. The molecule has 2 aromatic rings. The van der Waals surface area contributed by atoms with E-state index >= 15 is 4.39 Å². The van der Waals surface area contributed by atoms with Gasteiger partial charge in [0.25, 0.3) is 0 Å². The van der Waals surface area contributed by atoms with Crippen LogP contribution in [-0.2, 0) is 23.9 Å². The molecule has 1 fully saturated rings. The molecule has 12 nitrogen and oxygen atoms in total. The summed E-state index contributed by atoms with van der Waals surface area (Å²) in [6.07, 6.45) is 1.98. The van der Waals surface area contributed by atoms with E-state index in [-0.39, 0.29) is 50.8 Å². The zero-order chi connectivity index (χ0) is 32.8. The van der Waals surface area contributed by atoms with Crippen molar-refractivity contribution in [2.75, 3.05) is 32.9 Å². The summed E-state index contributed by atoms with van der Waals surface area (Å²) in [5, 5.41) is 23.4. The van der Waals surface area contributed by atoms with Crippen molar-refractivity contribution in [3.05, 3.63) is 52.2 Å². The average Bonchev–Trinajstić information content (AvgIpc) is 3.64. The third kappa shape index (κ3) is 11.8. The second-order valence-electron chi connectivity index (χ2n) is 11.1. The molecule has 0 radical (unpaired) electrons. The Morgan fingerprint density at radius 2 is 1.91 bits per heavy atom. The Balaban J connectivity index is 1.55. The minimum atomic E-state index is -1.99. The second-order valence-corrected chi connectivity index (χ2v) is 12.0. The van der Waals surface area contributed by atoms with Crippen LogP contribution < -0.4 is 21.1 Å². The number of rotatable bonds is 19. The number of thiophene rings is 1. The number of nitrogen functional groups attached to an aromatic ring is 1. The first kappa shape index (κ1) is 35.4. The first-order valence-corrected chi connectivity index (χ1v) is 15.8. The maximum atomic E-state index is 16.0. The van der Waals surface area contributed by atoms with Gasteiger partial charge in [0.1, 0.15) is 17.6 Å². The monoisotopic (exact) mass is 647 g/mol. The number of nitrogens with two attached hydrogens (primary N) is 1. The first-order valence-electron chi connectivity index (χ1n) is 14.9. The highest BCUT2D eigenvalue weighted by atomic mass is 32.1. The molecule has 1 aromatic heterocycles. The van der Waals surface area contributed by atoms with Gasteiger partial charge in [0, 0.05) is 41.7 Å². The van der Waals surface area contributed by atoms with Crippen molar-refractivity contribution in [1.82, 2.24) is 15.5 Å². The van der Waals surface area contributed by atoms with Crippen LogP contribution in [0.5, 0.6) is 5.75 Å². The Labute approximate surface area is 266 Å². The number of carbonyl (C=O) groups is 4. The van der Waals surface area contributed by atoms with Crippen LogP contribution >= 0.6 is 11.3 Å². The van der Waals surface area contributed by atoms with Crippen LogP contribution in [0.15, 0.2) is 41.8 Å². The van der Waals surface area contributed by atoms with Crippen LogP contribution in [0.2, 0.25) is 0 Å². The number of likely N-dealkylation sites (tertiary alicyclic amines) is 1. The van der Waals surface area contributed by atoms with Gasteiger partial charge < -0.3 is 35.8 Å². The van der Waals surface area contributed by atoms with E-state index in [0.29, 0.717) is 43.6 Å². The van der Waals surface area contributed by atoms with E-state index in [1.165, 1.54) is 11.3 Å². The molecule has 6 N–H and O–H groups in total.